The fourth-order valence-corrected chi connectivity index (χ4v) is 3.33. The highest BCUT2D eigenvalue weighted by atomic mass is 19.4. The van der Waals surface area contributed by atoms with E-state index >= 15 is 0 Å². The lowest BCUT2D eigenvalue weighted by atomic mass is 9.82. The van der Waals surface area contributed by atoms with Crippen molar-refractivity contribution >= 4 is 12.0 Å². The van der Waals surface area contributed by atoms with Crippen LogP contribution in [-0.4, -0.2) is 35.6 Å². The monoisotopic (exact) mass is 438 g/mol. The van der Waals surface area contributed by atoms with E-state index in [4.69, 9.17) is 9.47 Å². The average Bonchev–Trinajstić information content (AvgIpc) is 2.72. The predicted octanol–water partition coefficient (Wildman–Crippen LogP) is 3.05. The van der Waals surface area contributed by atoms with Crippen LogP contribution in [0.5, 0.6) is 5.75 Å². The van der Waals surface area contributed by atoms with E-state index in [1.807, 2.05) is 30.3 Å². The van der Waals surface area contributed by atoms with Gasteiger partial charge in [0, 0.05) is 0 Å². The minimum absolute atomic E-state index is 0.169. The number of carbonyl (C=O) groups excluding carboxylic acids is 2. The number of aliphatic hydroxyl groups is 1. The van der Waals surface area contributed by atoms with Crippen molar-refractivity contribution < 1.29 is 37.3 Å². The van der Waals surface area contributed by atoms with Crippen molar-refractivity contribution in [3.05, 3.63) is 65.7 Å². The summed E-state index contributed by atoms with van der Waals surface area (Å²) in [6.45, 7) is 1.51. The molecule has 31 heavy (non-hydrogen) atoms. The minimum atomic E-state index is -5.32. The maximum Gasteiger partial charge on any atom is 0.437 e. The van der Waals surface area contributed by atoms with Crippen LogP contribution in [0.3, 0.4) is 0 Å². The molecule has 3 rings (SSSR count). The molecule has 2 aromatic carbocycles. The molecule has 166 valence electrons. The zero-order chi connectivity index (χ0) is 22.6. The van der Waals surface area contributed by atoms with Crippen molar-refractivity contribution in [1.29, 1.82) is 0 Å². The topological polar surface area (TPSA) is 96.9 Å². The van der Waals surface area contributed by atoms with E-state index in [0.29, 0.717) is 5.75 Å². The van der Waals surface area contributed by atoms with Gasteiger partial charge in [0.1, 0.15) is 18.3 Å². The maximum absolute atomic E-state index is 13.6. The van der Waals surface area contributed by atoms with Gasteiger partial charge in [0.25, 0.3) is 5.72 Å². The van der Waals surface area contributed by atoms with Crippen LogP contribution in [0, 0.1) is 5.92 Å². The van der Waals surface area contributed by atoms with Gasteiger partial charge in [-0.05, 0) is 30.2 Å². The van der Waals surface area contributed by atoms with Gasteiger partial charge in [-0.15, -0.1) is 0 Å². The Kier molecular flexibility index (Phi) is 6.40. The van der Waals surface area contributed by atoms with E-state index < -0.39 is 35.9 Å². The molecule has 0 saturated carbocycles. The first kappa shape index (κ1) is 22.4. The Morgan fingerprint density at radius 3 is 2.35 bits per heavy atom. The number of rotatable bonds is 6. The molecule has 0 bridgehead atoms. The highest BCUT2D eigenvalue weighted by molar-refractivity contribution is 5.83. The van der Waals surface area contributed by atoms with E-state index in [-0.39, 0.29) is 18.8 Å². The third-order valence-corrected chi connectivity index (χ3v) is 4.83. The quantitative estimate of drug-likeness (QED) is 0.603. The van der Waals surface area contributed by atoms with Crippen LogP contribution >= 0.6 is 0 Å². The van der Waals surface area contributed by atoms with Crippen LogP contribution in [-0.2, 0) is 16.1 Å². The Bertz CT molecular complexity index is 921. The summed E-state index contributed by atoms with van der Waals surface area (Å²) in [7, 11) is 0. The zero-order valence-electron chi connectivity index (χ0n) is 16.5. The molecule has 0 unspecified atom stereocenters. The molecule has 0 aromatic heterocycles. The van der Waals surface area contributed by atoms with Gasteiger partial charge in [0.15, 0.2) is 0 Å². The van der Waals surface area contributed by atoms with Crippen molar-refractivity contribution in [2.24, 2.45) is 5.92 Å². The number of esters is 1. The molecule has 0 spiro atoms. The van der Waals surface area contributed by atoms with Crippen molar-refractivity contribution in [2.75, 3.05) is 6.61 Å². The van der Waals surface area contributed by atoms with Crippen molar-refractivity contribution in [3.63, 3.8) is 0 Å². The molecule has 1 aliphatic rings. The fraction of sp³-hybridized carbons (Fsp3) is 0.333. The number of amides is 2. The number of halogens is 3. The Balaban J connectivity index is 1.87. The first-order valence-electron chi connectivity index (χ1n) is 9.47. The molecule has 1 saturated heterocycles. The maximum atomic E-state index is 13.6. The summed E-state index contributed by atoms with van der Waals surface area (Å²) in [6.07, 6.45) is -5.32. The summed E-state index contributed by atoms with van der Waals surface area (Å²) in [5.41, 5.74) is -2.70. The van der Waals surface area contributed by atoms with Gasteiger partial charge in [0.05, 0.1) is 12.6 Å². The highest BCUT2D eigenvalue weighted by Gasteiger charge is 2.67. The van der Waals surface area contributed by atoms with Gasteiger partial charge in [0.2, 0.25) is 0 Å². The normalized spacial score (nSPS) is 23.5. The minimum Gasteiger partial charge on any atom is -0.489 e. The Morgan fingerprint density at radius 1 is 1.13 bits per heavy atom. The third kappa shape index (κ3) is 4.74. The van der Waals surface area contributed by atoms with Crippen molar-refractivity contribution in [1.82, 2.24) is 10.6 Å². The SMILES string of the molecule is CCOC(=O)[C@@H]1[C@@H](c2ccc(OCc3ccccc3)cc2)NC(=O)N[C@]1(O)C(F)(F)F. The number of carbonyl (C=O) groups is 2. The second-order valence-electron chi connectivity index (χ2n) is 6.91. The zero-order valence-corrected chi connectivity index (χ0v) is 16.5. The van der Waals surface area contributed by atoms with Crippen LogP contribution in [0.15, 0.2) is 54.6 Å². The van der Waals surface area contributed by atoms with Gasteiger partial charge in [-0.2, -0.15) is 13.2 Å². The Morgan fingerprint density at radius 2 is 1.77 bits per heavy atom. The molecule has 3 atom stereocenters. The lowest BCUT2D eigenvalue weighted by Gasteiger charge is -2.44. The molecule has 1 fully saturated rings. The number of ether oxygens (including phenoxy) is 2. The van der Waals surface area contributed by atoms with Crippen LogP contribution in [0.1, 0.15) is 24.1 Å². The van der Waals surface area contributed by atoms with Crippen molar-refractivity contribution in [3.8, 4) is 5.75 Å². The van der Waals surface area contributed by atoms with Crippen LogP contribution in [0.2, 0.25) is 0 Å². The van der Waals surface area contributed by atoms with E-state index in [2.05, 4.69) is 5.32 Å². The average molecular weight is 438 g/mol. The van der Waals surface area contributed by atoms with Gasteiger partial charge >= 0.3 is 18.2 Å². The molecule has 2 amide bonds. The van der Waals surface area contributed by atoms with E-state index in [1.54, 1.807) is 0 Å². The second kappa shape index (κ2) is 8.84. The number of benzene rings is 2. The molecule has 10 heteroatoms. The van der Waals surface area contributed by atoms with E-state index in [9.17, 15) is 27.9 Å². The van der Waals surface area contributed by atoms with Gasteiger partial charge in [-0.1, -0.05) is 42.5 Å². The first-order chi connectivity index (χ1) is 14.7. The first-order valence-corrected chi connectivity index (χ1v) is 9.47. The molecule has 7 nitrogen and oxygen atoms in total. The largest absolute Gasteiger partial charge is 0.489 e. The van der Waals surface area contributed by atoms with Gasteiger partial charge in [-0.3, -0.25) is 4.79 Å². The molecule has 1 aliphatic heterocycles. The molecular formula is C21H21F3N2O5. The smallest absolute Gasteiger partial charge is 0.437 e. The molecule has 2 aromatic rings. The molecule has 1 heterocycles. The fourth-order valence-electron chi connectivity index (χ4n) is 3.33. The summed E-state index contributed by atoms with van der Waals surface area (Å²) in [5.74, 6) is -3.03. The van der Waals surface area contributed by atoms with Crippen LogP contribution in [0.4, 0.5) is 18.0 Å². The van der Waals surface area contributed by atoms with Crippen LogP contribution in [0.25, 0.3) is 0 Å². The van der Waals surface area contributed by atoms with Crippen LogP contribution < -0.4 is 15.4 Å². The summed E-state index contributed by atoms with van der Waals surface area (Å²) in [5, 5.41) is 14.0. The number of nitrogens with one attached hydrogen (secondary N) is 2. The number of urea groups is 1. The number of alkyl halides is 3. The summed E-state index contributed by atoms with van der Waals surface area (Å²) in [4.78, 5) is 24.3. The highest BCUT2D eigenvalue weighted by Crippen LogP contribution is 2.43. The van der Waals surface area contributed by atoms with E-state index in [1.165, 1.54) is 36.5 Å². The second-order valence-corrected chi connectivity index (χ2v) is 6.91. The predicted molar refractivity (Wildman–Crippen MR) is 103 cm³/mol. The molecule has 0 aliphatic carbocycles. The van der Waals surface area contributed by atoms with Crippen molar-refractivity contribution in [2.45, 2.75) is 31.5 Å². The molecule has 3 N–H and O–H groups in total. The van der Waals surface area contributed by atoms with Gasteiger partial charge < -0.3 is 25.2 Å². The molecule has 0 radical (unpaired) electrons. The summed E-state index contributed by atoms with van der Waals surface area (Å²) in [6, 6.07) is 12.4. The Labute approximate surface area is 176 Å². The Hall–Kier alpha value is -3.27. The standard InChI is InChI=1S/C21H21F3N2O5/c1-2-30-18(27)16-17(25-19(28)26-20(16,29)21(22,23)24)14-8-10-15(11-9-14)31-12-13-6-4-3-5-7-13/h3-11,16-17,29H,2,12H2,1H3,(H2,25,26,28)/t16-,17+,20+/m0/s1. The third-order valence-electron chi connectivity index (χ3n) is 4.83. The molecular weight excluding hydrogens is 417 g/mol. The summed E-state index contributed by atoms with van der Waals surface area (Å²) < 4.78 is 51.3. The number of hydrogen-bond donors (Lipinski definition) is 3. The lowest BCUT2D eigenvalue weighted by molar-refractivity contribution is -0.294. The number of hydrogen-bond acceptors (Lipinski definition) is 5. The lowest BCUT2D eigenvalue weighted by Crippen LogP contribution is -2.73. The van der Waals surface area contributed by atoms with Gasteiger partial charge in [-0.25, -0.2) is 4.79 Å². The summed E-state index contributed by atoms with van der Waals surface area (Å²) >= 11 is 0. The van der Waals surface area contributed by atoms with E-state index in [0.717, 1.165) is 5.56 Å².